The number of thioether (sulfide) groups is 1. The summed E-state index contributed by atoms with van der Waals surface area (Å²) >= 11 is 3.25. The number of nitrogens with zero attached hydrogens (tertiary/aromatic N) is 3. The maximum absolute atomic E-state index is 5.41. The van der Waals surface area contributed by atoms with Crippen LogP contribution in [0.25, 0.3) is 10.6 Å². The maximum atomic E-state index is 5.41. The van der Waals surface area contributed by atoms with Crippen molar-refractivity contribution in [2.75, 3.05) is 7.11 Å². The van der Waals surface area contributed by atoms with Crippen LogP contribution in [-0.4, -0.2) is 27.3 Å². The molecular formula is C16H16N4OS2. The number of hydrogen-bond donors (Lipinski definition) is 1. The zero-order valence-corrected chi connectivity index (χ0v) is 14.3. The molecule has 0 radical (unpaired) electrons. The number of thiazole rings is 1. The van der Waals surface area contributed by atoms with Crippen molar-refractivity contribution in [1.82, 2.24) is 20.2 Å². The predicted molar refractivity (Wildman–Crippen MR) is 92.0 cm³/mol. The molecule has 0 aliphatic heterocycles. The highest BCUT2D eigenvalue weighted by Gasteiger charge is 2.27. The number of methoxy groups -OCH3 is 1. The van der Waals surface area contributed by atoms with E-state index in [0.717, 1.165) is 38.7 Å². The van der Waals surface area contributed by atoms with E-state index in [9.17, 15) is 0 Å². The van der Waals surface area contributed by atoms with Gasteiger partial charge in [-0.3, -0.25) is 5.10 Å². The van der Waals surface area contributed by atoms with Crippen LogP contribution in [0.3, 0.4) is 0 Å². The lowest BCUT2D eigenvalue weighted by molar-refractivity contribution is 0.416. The first-order valence-corrected chi connectivity index (χ1v) is 9.33. The van der Waals surface area contributed by atoms with Crippen LogP contribution in [-0.2, 0) is 5.75 Å². The number of benzene rings is 1. The lowest BCUT2D eigenvalue weighted by Crippen LogP contribution is -1.88. The number of hydrogen-bond acceptors (Lipinski definition) is 6. The Hall–Kier alpha value is -1.86. The molecule has 0 saturated heterocycles. The molecule has 0 bridgehead atoms. The van der Waals surface area contributed by atoms with Gasteiger partial charge in [0.15, 0.2) is 0 Å². The van der Waals surface area contributed by atoms with Crippen molar-refractivity contribution in [1.29, 1.82) is 0 Å². The molecule has 2 heterocycles. The Bertz CT molecular complexity index is 810. The highest BCUT2D eigenvalue weighted by Crippen LogP contribution is 2.38. The van der Waals surface area contributed by atoms with E-state index in [1.807, 2.05) is 24.3 Å². The fourth-order valence-corrected chi connectivity index (χ4v) is 3.97. The van der Waals surface area contributed by atoms with Gasteiger partial charge in [-0.25, -0.2) is 9.97 Å². The van der Waals surface area contributed by atoms with Crippen molar-refractivity contribution < 1.29 is 4.74 Å². The molecule has 0 spiro atoms. The molecular weight excluding hydrogens is 328 g/mol. The molecule has 2 aromatic heterocycles. The zero-order valence-electron chi connectivity index (χ0n) is 12.7. The first-order chi connectivity index (χ1) is 11.3. The normalized spacial score (nSPS) is 14.1. The van der Waals surface area contributed by atoms with E-state index in [2.05, 4.69) is 20.6 Å². The van der Waals surface area contributed by atoms with Gasteiger partial charge in [-0.2, -0.15) is 0 Å². The lowest BCUT2D eigenvalue weighted by Gasteiger charge is -2.04. The van der Waals surface area contributed by atoms with E-state index < -0.39 is 0 Å². The minimum Gasteiger partial charge on any atom is -0.496 e. The van der Waals surface area contributed by atoms with Gasteiger partial charge in [0, 0.05) is 17.1 Å². The topological polar surface area (TPSA) is 63.7 Å². The fourth-order valence-electron chi connectivity index (χ4n) is 2.32. The summed E-state index contributed by atoms with van der Waals surface area (Å²) in [5, 5.41) is 11.2. The summed E-state index contributed by atoms with van der Waals surface area (Å²) in [5.41, 5.74) is 2.07. The van der Waals surface area contributed by atoms with Crippen LogP contribution in [0, 0.1) is 0 Å². The quantitative estimate of drug-likeness (QED) is 0.682. The van der Waals surface area contributed by atoms with Crippen molar-refractivity contribution in [2.24, 2.45) is 0 Å². The Balaban J connectivity index is 1.45. The largest absolute Gasteiger partial charge is 0.496 e. The molecule has 0 amide bonds. The molecule has 0 atom stereocenters. The average Bonchev–Trinajstić information content (AvgIpc) is 3.15. The minimum absolute atomic E-state index is 0.605. The van der Waals surface area contributed by atoms with Gasteiger partial charge in [0.2, 0.25) is 5.16 Å². The Labute approximate surface area is 142 Å². The van der Waals surface area contributed by atoms with E-state index in [-0.39, 0.29) is 0 Å². The van der Waals surface area contributed by atoms with E-state index in [4.69, 9.17) is 9.72 Å². The molecule has 3 aromatic rings. The molecule has 1 aliphatic carbocycles. The summed E-state index contributed by atoms with van der Waals surface area (Å²) in [6.45, 7) is 0. The second kappa shape index (κ2) is 6.33. The minimum atomic E-state index is 0.605. The second-order valence-corrected chi connectivity index (χ2v) is 7.21. The second-order valence-electron chi connectivity index (χ2n) is 5.41. The third-order valence-electron chi connectivity index (χ3n) is 3.68. The van der Waals surface area contributed by atoms with Crippen molar-refractivity contribution in [3.05, 3.63) is 41.2 Å². The number of aromatic nitrogens is 4. The van der Waals surface area contributed by atoms with E-state index in [1.54, 1.807) is 30.2 Å². The van der Waals surface area contributed by atoms with Crippen LogP contribution >= 0.6 is 23.1 Å². The Morgan fingerprint density at radius 2 is 2.17 bits per heavy atom. The summed E-state index contributed by atoms with van der Waals surface area (Å²) in [6.07, 6.45) is 2.46. The van der Waals surface area contributed by atoms with Gasteiger partial charge in [0.25, 0.3) is 0 Å². The van der Waals surface area contributed by atoms with Gasteiger partial charge in [-0.15, -0.1) is 16.4 Å². The molecule has 23 heavy (non-hydrogen) atoms. The van der Waals surface area contributed by atoms with Crippen molar-refractivity contribution in [2.45, 2.75) is 29.7 Å². The summed E-state index contributed by atoms with van der Waals surface area (Å²) in [4.78, 5) is 9.24. The molecule has 1 fully saturated rings. The SMILES string of the molecule is COc1ccccc1-c1nc(CSc2n[nH]c(C3CC3)n2)cs1. The van der Waals surface area contributed by atoms with Gasteiger partial charge in [0.05, 0.1) is 18.4 Å². The average molecular weight is 344 g/mol. The summed E-state index contributed by atoms with van der Waals surface area (Å²) in [5.74, 6) is 3.26. The van der Waals surface area contributed by atoms with Gasteiger partial charge >= 0.3 is 0 Å². The Morgan fingerprint density at radius 3 is 3.00 bits per heavy atom. The van der Waals surface area contributed by atoms with Crippen LogP contribution in [0.2, 0.25) is 0 Å². The molecule has 118 valence electrons. The van der Waals surface area contributed by atoms with E-state index in [1.165, 1.54) is 12.8 Å². The first-order valence-electron chi connectivity index (χ1n) is 7.46. The highest BCUT2D eigenvalue weighted by atomic mass is 32.2. The van der Waals surface area contributed by atoms with Crippen molar-refractivity contribution in [3.63, 3.8) is 0 Å². The monoisotopic (exact) mass is 344 g/mol. The number of para-hydroxylation sites is 1. The molecule has 1 saturated carbocycles. The maximum Gasteiger partial charge on any atom is 0.208 e. The third-order valence-corrected chi connectivity index (χ3v) is 5.49. The smallest absolute Gasteiger partial charge is 0.208 e. The number of aromatic amines is 1. The number of ether oxygens (including phenoxy) is 1. The van der Waals surface area contributed by atoms with E-state index in [0.29, 0.717) is 5.92 Å². The Morgan fingerprint density at radius 1 is 1.30 bits per heavy atom. The zero-order chi connectivity index (χ0) is 15.6. The molecule has 7 heteroatoms. The summed E-state index contributed by atoms with van der Waals surface area (Å²) in [6, 6.07) is 7.96. The fraction of sp³-hybridized carbons (Fsp3) is 0.312. The van der Waals surface area contributed by atoms with Gasteiger partial charge in [-0.05, 0) is 25.0 Å². The molecule has 5 nitrogen and oxygen atoms in total. The van der Waals surface area contributed by atoms with Crippen LogP contribution in [0.15, 0.2) is 34.8 Å². The molecule has 1 N–H and O–H groups in total. The van der Waals surface area contributed by atoms with Crippen LogP contribution in [0.1, 0.15) is 30.3 Å². The third kappa shape index (κ3) is 3.25. The van der Waals surface area contributed by atoms with Crippen LogP contribution in [0.5, 0.6) is 5.75 Å². The van der Waals surface area contributed by atoms with Crippen molar-refractivity contribution in [3.8, 4) is 16.3 Å². The summed E-state index contributed by atoms with van der Waals surface area (Å²) in [7, 11) is 1.68. The molecule has 1 aromatic carbocycles. The predicted octanol–water partition coefficient (Wildman–Crippen LogP) is 4.11. The van der Waals surface area contributed by atoms with Crippen LogP contribution in [0.4, 0.5) is 0 Å². The van der Waals surface area contributed by atoms with Gasteiger partial charge in [0.1, 0.15) is 16.6 Å². The lowest BCUT2D eigenvalue weighted by atomic mass is 10.2. The first kappa shape index (κ1) is 14.7. The van der Waals surface area contributed by atoms with Gasteiger partial charge in [-0.1, -0.05) is 23.9 Å². The van der Waals surface area contributed by atoms with Crippen LogP contribution < -0.4 is 4.74 Å². The number of H-pyrrole nitrogens is 1. The number of rotatable bonds is 6. The molecule has 4 rings (SSSR count). The highest BCUT2D eigenvalue weighted by molar-refractivity contribution is 7.98. The number of nitrogens with one attached hydrogen (secondary N) is 1. The van der Waals surface area contributed by atoms with Crippen molar-refractivity contribution >= 4 is 23.1 Å². The van der Waals surface area contributed by atoms with E-state index >= 15 is 0 Å². The summed E-state index contributed by atoms with van der Waals surface area (Å²) < 4.78 is 5.41. The molecule has 1 aliphatic rings. The molecule has 0 unspecified atom stereocenters. The van der Waals surface area contributed by atoms with Gasteiger partial charge < -0.3 is 4.74 Å². The Kier molecular flexibility index (Phi) is 4.05. The standard InChI is InChI=1S/C16H16N4OS2/c1-21-13-5-3-2-4-12(13)15-17-11(8-22-15)9-23-16-18-14(19-20-16)10-6-7-10/h2-5,8,10H,6-7,9H2,1H3,(H,18,19,20).